The Balaban J connectivity index is 2.17. The summed E-state index contributed by atoms with van der Waals surface area (Å²) in [5.74, 6) is 0. The number of H-pyrrole nitrogens is 1. The highest BCUT2D eigenvalue weighted by Gasteiger charge is 2.13. The number of hydrogen-bond acceptors (Lipinski definition) is 6. The minimum absolute atomic E-state index is 0.208. The van der Waals surface area contributed by atoms with Gasteiger partial charge in [0.2, 0.25) is 5.13 Å². The topological polar surface area (TPSA) is 53.6 Å². The summed E-state index contributed by atoms with van der Waals surface area (Å²) in [5.41, 5.74) is 1.08. The van der Waals surface area contributed by atoms with Crippen molar-refractivity contribution in [1.82, 2.24) is 15.2 Å². The van der Waals surface area contributed by atoms with Crippen molar-refractivity contribution in [2.45, 2.75) is 26.8 Å². The standard InChI is InChI=1S/C9H12N4S3/c1-4-7(15-6(3)10-4)5(2)11-8-12-13-9(14)16-8/h5H,1-3H3,(H,11,12)(H,13,14). The van der Waals surface area contributed by atoms with Gasteiger partial charge < -0.3 is 5.32 Å². The quantitative estimate of drug-likeness (QED) is 0.840. The molecule has 0 amide bonds. The first-order valence-corrected chi connectivity index (χ1v) is 6.86. The molecule has 0 aliphatic heterocycles. The van der Waals surface area contributed by atoms with Crippen LogP contribution in [0, 0.1) is 17.8 Å². The van der Waals surface area contributed by atoms with E-state index in [1.54, 1.807) is 11.3 Å². The zero-order valence-electron chi connectivity index (χ0n) is 9.20. The number of aromatic amines is 1. The van der Waals surface area contributed by atoms with Crippen molar-refractivity contribution >= 4 is 40.0 Å². The normalized spacial score (nSPS) is 12.7. The average molecular weight is 272 g/mol. The number of hydrogen-bond donors (Lipinski definition) is 2. The molecule has 0 aliphatic rings. The Morgan fingerprint density at radius 2 is 2.12 bits per heavy atom. The minimum atomic E-state index is 0.208. The molecule has 4 nitrogen and oxygen atoms in total. The summed E-state index contributed by atoms with van der Waals surface area (Å²) < 4.78 is 0.687. The Hall–Kier alpha value is -0.790. The fraction of sp³-hybridized carbons (Fsp3) is 0.444. The number of nitrogens with one attached hydrogen (secondary N) is 2. The van der Waals surface area contributed by atoms with Crippen LogP contribution < -0.4 is 5.32 Å². The summed E-state index contributed by atoms with van der Waals surface area (Å²) in [5, 5.41) is 12.1. The van der Waals surface area contributed by atoms with Crippen molar-refractivity contribution in [3.8, 4) is 0 Å². The Bertz CT molecular complexity index is 539. The highest BCUT2D eigenvalue weighted by atomic mass is 32.1. The molecule has 0 saturated carbocycles. The third-order valence-corrected chi connectivity index (χ3v) is 4.39. The van der Waals surface area contributed by atoms with Crippen LogP contribution in [0.15, 0.2) is 0 Å². The van der Waals surface area contributed by atoms with Gasteiger partial charge in [0.1, 0.15) is 0 Å². The van der Waals surface area contributed by atoms with Crippen molar-refractivity contribution in [3.63, 3.8) is 0 Å². The third kappa shape index (κ3) is 2.47. The van der Waals surface area contributed by atoms with Gasteiger partial charge in [-0.3, -0.25) is 5.10 Å². The van der Waals surface area contributed by atoms with Crippen LogP contribution in [0.4, 0.5) is 5.13 Å². The van der Waals surface area contributed by atoms with Crippen molar-refractivity contribution < 1.29 is 0 Å². The molecule has 1 unspecified atom stereocenters. The third-order valence-electron chi connectivity index (χ3n) is 2.11. The van der Waals surface area contributed by atoms with Gasteiger partial charge in [-0.05, 0) is 33.0 Å². The van der Waals surface area contributed by atoms with Crippen LogP contribution >= 0.6 is 34.9 Å². The van der Waals surface area contributed by atoms with E-state index in [0.29, 0.717) is 3.95 Å². The maximum atomic E-state index is 4.98. The van der Waals surface area contributed by atoms with Crippen LogP contribution in [0.2, 0.25) is 0 Å². The van der Waals surface area contributed by atoms with Crippen molar-refractivity contribution in [2.75, 3.05) is 5.32 Å². The molecule has 1 atom stereocenters. The Morgan fingerprint density at radius 1 is 1.38 bits per heavy atom. The molecule has 0 aliphatic carbocycles. The van der Waals surface area contributed by atoms with Crippen LogP contribution in [0.3, 0.4) is 0 Å². The lowest BCUT2D eigenvalue weighted by atomic mass is 10.2. The van der Waals surface area contributed by atoms with Gasteiger partial charge in [-0.2, -0.15) is 0 Å². The molecule has 0 aromatic carbocycles. The van der Waals surface area contributed by atoms with Gasteiger partial charge in [-0.25, -0.2) is 4.98 Å². The maximum Gasteiger partial charge on any atom is 0.204 e. The first-order chi connectivity index (χ1) is 7.56. The molecule has 2 N–H and O–H groups in total. The van der Waals surface area contributed by atoms with Gasteiger partial charge in [0, 0.05) is 4.88 Å². The molecule has 2 rings (SSSR count). The second-order valence-electron chi connectivity index (χ2n) is 3.47. The molecule has 0 fully saturated rings. The molecule has 86 valence electrons. The Kier molecular flexibility index (Phi) is 3.36. The number of aryl methyl sites for hydroxylation is 2. The molecule has 0 bridgehead atoms. The highest BCUT2D eigenvalue weighted by molar-refractivity contribution is 7.73. The van der Waals surface area contributed by atoms with Gasteiger partial charge >= 0.3 is 0 Å². The van der Waals surface area contributed by atoms with Crippen LogP contribution in [0.25, 0.3) is 0 Å². The van der Waals surface area contributed by atoms with Crippen molar-refractivity contribution in [3.05, 3.63) is 19.5 Å². The second kappa shape index (κ2) is 4.60. The zero-order valence-corrected chi connectivity index (χ0v) is 11.6. The van der Waals surface area contributed by atoms with E-state index in [0.717, 1.165) is 15.8 Å². The first-order valence-electron chi connectivity index (χ1n) is 4.82. The summed E-state index contributed by atoms with van der Waals surface area (Å²) in [4.78, 5) is 5.66. The van der Waals surface area contributed by atoms with Crippen molar-refractivity contribution in [2.24, 2.45) is 0 Å². The molecular formula is C9H12N4S3. The van der Waals surface area contributed by atoms with E-state index in [1.165, 1.54) is 16.2 Å². The summed E-state index contributed by atoms with van der Waals surface area (Å²) in [6.07, 6.45) is 0. The van der Waals surface area contributed by atoms with Crippen LogP contribution in [-0.2, 0) is 0 Å². The fourth-order valence-electron chi connectivity index (χ4n) is 1.49. The molecule has 2 aromatic heterocycles. The van der Waals surface area contributed by atoms with Gasteiger partial charge in [-0.1, -0.05) is 11.3 Å². The van der Waals surface area contributed by atoms with E-state index < -0.39 is 0 Å². The number of rotatable bonds is 3. The van der Waals surface area contributed by atoms with E-state index >= 15 is 0 Å². The summed E-state index contributed by atoms with van der Waals surface area (Å²) in [6, 6.07) is 0.208. The SMILES string of the molecule is Cc1nc(C)c(C(C)Nc2n[nH]c(=S)s2)s1. The molecular weight excluding hydrogens is 260 g/mol. The molecule has 7 heteroatoms. The second-order valence-corrected chi connectivity index (χ2v) is 6.37. The predicted octanol–water partition coefficient (Wildman–Crippen LogP) is 3.45. The smallest absolute Gasteiger partial charge is 0.204 e. The lowest BCUT2D eigenvalue weighted by Crippen LogP contribution is -2.05. The van der Waals surface area contributed by atoms with Crippen LogP contribution in [0.1, 0.15) is 28.5 Å². The summed E-state index contributed by atoms with van der Waals surface area (Å²) in [7, 11) is 0. The predicted molar refractivity (Wildman–Crippen MR) is 70.9 cm³/mol. The first kappa shape index (κ1) is 11.7. The largest absolute Gasteiger partial charge is 0.353 e. The van der Waals surface area contributed by atoms with Crippen LogP contribution in [0.5, 0.6) is 0 Å². The number of nitrogens with zero attached hydrogens (tertiary/aromatic N) is 2. The Labute approximate surface area is 107 Å². The highest BCUT2D eigenvalue weighted by Crippen LogP contribution is 2.27. The molecule has 0 saturated heterocycles. The van der Waals surface area contributed by atoms with E-state index in [1.807, 2.05) is 13.8 Å². The van der Waals surface area contributed by atoms with Crippen molar-refractivity contribution in [1.29, 1.82) is 0 Å². The van der Waals surface area contributed by atoms with Gasteiger partial charge in [0.25, 0.3) is 0 Å². The molecule has 2 aromatic rings. The van der Waals surface area contributed by atoms with Gasteiger partial charge in [-0.15, -0.1) is 16.4 Å². The zero-order chi connectivity index (χ0) is 11.7. The van der Waals surface area contributed by atoms with Crippen LogP contribution in [-0.4, -0.2) is 15.2 Å². The van der Waals surface area contributed by atoms with E-state index in [-0.39, 0.29) is 6.04 Å². The van der Waals surface area contributed by atoms with Gasteiger partial charge in [0.15, 0.2) is 3.95 Å². The lowest BCUT2D eigenvalue weighted by molar-refractivity contribution is 0.878. The molecule has 0 radical (unpaired) electrons. The molecule has 16 heavy (non-hydrogen) atoms. The number of thiazole rings is 1. The Morgan fingerprint density at radius 3 is 2.62 bits per heavy atom. The molecule has 2 heterocycles. The summed E-state index contributed by atoms with van der Waals surface area (Å²) >= 11 is 8.14. The monoisotopic (exact) mass is 272 g/mol. The maximum absolute atomic E-state index is 4.98. The lowest BCUT2D eigenvalue weighted by Gasteiger charge is -2.10. The minimum Gasteiger partial charge on any atom is -0.353 e. The van der Waals surface area contributed by atoms with E-state index in [2.05, 4.69) is 27.4 Å². The number of anilines is 1. The van der Waals surface area contributed by atoms with E-state index in [4.69, 9.17) is 12.2 Å². The average Bonchev–Trinajstić information content (AvgIpc) is 2.73. The van der Waals surface area contributed by atoms with Gasteiger partial charge in [0.05, 0.1) is 16.7 Å². The summed E-state index contributed by atoms with van der Waals surface area (Å²) in [6.45, 7) is 6.15. The number of aromatic nitrogens is 3. The molecule has 0 spiro atoms. The fourth-order valence-corrected chi connectivity index (χ4v) is 3.30. The van der Waals surface area contributed by atoms with E-state index in [9.17, 15) is 0 Å².